The second-order valence-electron chi connectivity index (χ2n) is 4.56. The van der Waals surface area contributed by atoms with Crippen LogP contribution in [0.4, 0.5) is 5.69 Å². The number of hydrogen-bond donors (Lipinski definition) is 1. The highest BCUT2D eigenvalue weighted by molar-refractivity contribution is 6.02. The third kappa shape index (κ3) is 2.46. The van der Waals surface area contributed by atoms with Crippen molar-refractivity contribution in [3.63, 3.8) is 0 Å². The topological polar surface area (TPSA) is 72.6 Å². The van der Waals surface area contributed by atoms with E-state index in [1.165, 1.54) is 0 Å². The van der Waals surface area contributed by atoms with Gasteiger partial charge in [-0.2, -0.15) is 0 Å². The van der Waals surface area contributed by atoms with E-state index >= 15 is 0 Å². The molecule has 0 aliphatic carbocycles. The van der Waals surface area contributed by atoms with Crippen LogP contribution in [0.15, 0.2) is 18.2 Å². The summed E-state index contributed by atoms with van der Waals surface area (Å²) in [6.07, 6.45) is 0.480. The van der Waals surface area contributed by atoms with Gasteiger partial charge in [-0.15, -0.1) is 0 Å². The Morgan fingerprint density at radius 2 is 2.21 bits per heavy atom. The largest absolute Gasteiger partial charge is 0.478 e. The van der Waals surface area contributed by atoms with E-state index in [0.717, 1.165) is 0 Å². The van der Waals surface area contributed by atoms with E-state index in [1.807, 2.05) is 6.92 Å². The quantitative estimate of drug-likeness (QED) is 0.831. The van der Waals surface area contributed by atoms with Crippen molar-refractivity contribution >= 4 is 17.4 Å². The van der Waals surface area contributed by atoms with E-state index < -0.39 is 6.10 Å². The highest BCUT2D eigenvalue weighted by atomic mass is 16.5. The number of Topliss-reactive ketones (excluding diaryl/α,β-unsaturated/α-hetero) is 1. The zero-order valence-electron chi connectivity index (χ0n) is 11.2. The van der Waals surface area contributed by atoms with Crippen LogP contribution >= 0.6 is 0 Å². The van der Waals surface area contributed by atoms with E-state index in [1.54, 1.807) is 30.1 Å². The highest BCUT2D eigenvalue weighted by Crippen LogP contribution is 2.34. The van der Waals surface area contributed by atoms with Gasteiger partial charge in [-0.05, 0) is 31.2 Å². The second kappa shape index (κ2) is 5.40. The molecule has 0 fully saturated rings. The van der Waals surface area contributed by atoms with Crippen LogP contribution < -0.4 is 15.4 Å². The lowest BCUT2D eigenvalue weighted by atomic mass is 10.0. The van der Waals surface area contributed by atoms with Crippen LogP contribution in [0.1, 0.15) is 30.1 Å². The van der Waals surface area contributed by atoms with Crippen molar-refractivity contribution in [1.29, 1.82) is 0 Å². The monoisotopic (exact) mass is 262 g/mol. The predicted molar refractivity (Wildman–Crippen MR) is 72.6 cm³/mol. The molecular weight excluding hydrogens is 244 g/mol. The molecule has 1 aliphatic heterocycles. The molecule has 2 N–H and O–H groups in total. The van der Waals surface area contributed by atoms with Crippen molar-refractivity contribution in [2.75, 3.05) is 18.5 Å². The Hall–Kier alpha value is -1.88. The highest BCUT2D eigenvalue weighted by Gasteiger charge is 2.31. The van der Waals surface area contributed by atoms with Crippen molar-refractivity contribution in [2.45, 2.75) is 25.9 Å². The summed E-state index contributed by atoms with van der Waals surface area (Å²) in [6, 6.07) is 5.15. The molecule has 0 radical (unpaired) electrons. The second-order valence-corrected chi connectivity index (χ2v) is 4.56. The Morgan fingerprint density at radius 3 is 2.84 bits per heavy atom. The Balaban J connectivity index is 2.35. The smallest absolute Gasteiger partial charge is 0.267 e. The van der Waals surface area contributed by atoms with Crippen molar-refractivity contribution in [3.05, 3.63) is 23.8 Å². The van der Waals surface area contributed by atoms with Gasteiger partial charge < -0.3 is 15.4 Å². The Morgan fingerprint density at radius 1 is 1.47 bits per heavy atom. The zero-order chi connectivity index (χ0) is 14.0. The van der Waals surface area contributed by atoms with E-state index in [4.69, 9.17) is 10.5 Å². The number of fused-ring (bicyclic) bond motifs is 1. The standard InChI is InChI=1S/C14H18N2O3/c1-3-12-14(18)16(2)10-8-9(11(17)6-7-15)4-5-13(10)19-12/h4-5,8,12H,3,6-7,15H2,1-2H3. The van der Waals surface area contributed by atoms with Gasteiger partial charge in [0, 0.05) is 19.0 Å². The van der Waals surface area contributed by atoms with Gasteiger partial charge in [0.15, 0.2) is 11.9 Å². The van der Waals surface area contributed by atoms with E-state index in [-0.39, 0.29) is 11.7 Å². The summed E-state index contributed by atoms with van der Waals surface area (Å²) in [5.41, 5.74) is 6.57. The summed E-state index contributed by atoms with van der Waals surface area (Å²) in [4.78, 5) is 25.4. The third-order valence-electron chi connectivity index (χ3n) is 3.26. The number of nitrogens with zero attached hydrogens (tertiary/aromatic N) is 1. The zero-order valence-corrected chi connectivity index (χ0v) is 11.2. The van der Waals surface area contributed by atoms with Gasteiger partial charge in [0.05, 0.1) is 5.69 Å². The molecule has 1 atom stereocenters. The molecule has 5 nitrogen and oxygen atoms in total. The number of benzene rings is 1. The van der Waals surface area contributed by atoms with Crippen LogP contribution in [0.3, 0.4) is 0 Å². The summed E-state index contributed by atoms with van der Waals surface area (Å²) >= 11 is 0. The first-order chi connectivity index (χ1) is 9.08. The first kappa shape index (κ1) is 13.5. The Kier molecular flexibility index (Phi) is 3.85. The molecule has 0 saturated carbocycles. The Bertz CT molecular complexity index is 513. The van der Waals surface area contributed by atoms with Gasteiger partial charge in [-0.3, -0.25) is 9.59 Å². The van der Waals surface area contributed by atoms with Crippen molar-refractivity contribution in [1.82, 2.24) is 0 Å². The van der Waals surface area contributed by atoms with Crippen LogP contribution in [0.25, 0.3) is 0 Å². The number of likely N-dealkylation sites (N-methyl/N-ethyl adjacent to an activating group) is 1. The van der Waals surface area contributed by atoms with Gasteiger partial charge in [0.2, 0.25) is 0 Å². The van der Waals surface area contributed by atoms with Gasteiger partial charge in [-0.1, -0.05) is 6.92 Å². The molecule has 1 amide bonds. The average molecular weight is 262 g/mol. The number of rotatable bonds is 4. The van der Waals surface area contributed by atoms with Crippen molar-refractivity contribution in [3.8, 4) is 5.75 Å². The Labute approximate surface area is 112 Å². The molecule has 5 heteroatoms. The number of anilines is 1. The fourth-order valence-electron chi connectivity index (χ4n) is 2.12. The van der Waals surface area contributed by atoms with Crippen LogP contribution in [-0.4, -0.2) is 31.4 Å². The minimum atomic E-state index is -0.442. The number of ether oxygens (including phenoxy) is 1. The molecule has 0 spiro atoms. The third-order valence-corrected chi connectivity index (χ3v) is 3.26. The molecule has 2 rings (SSSR count). The molecule has 1 aromatic carbocycles. The summed E-state index contributed by atoms with van der Waals surface area (Å²) in [5, 5.41) is 0. The minimum absolute atomic E-state index is 0.0243. The molecule has 0 bridgehead atoms. The molecule has 1 unspecified atom stereocenters. The number of hydrogen-bond acceptors (Lipinski definition) is 4. The molecule has 0 saturated heterocycles. The molecule has 102 valence electrons. The van der Waals surface area contributed by atoms with Crippen LogP contribution in [-0.2, 0) is 4.79 Å². The predicted octanol–water partition coefficient (Wildman–Crippen LogP) is 1.35. The molecule has 0 aromatic heterocycles. The summed E-state index contributed by atoms with van der Waals surface area (Å²) < 4.78 is 5.63. The normalized spacial score (nSPS) is 17.9. The van der Waals surface area contributed by atoms with Crippen molar-refractivity contribution < 1.29 is 14.3 Å². The summed E-state index contributed by atoms with van der Waals surface area (Å²) in [7, 11) is 1.70. The molecule has 1 aromatic rings. The number of ketones is 1. The summed E-state index contributed by atoms with van der Waals surface area (Å²) in [6.45, 7) is 2.22. The van der Waals surface area contributed by atoms with E-state index in [9.17, 15) is 9.59 Å². The minimum Gasteiger partial charge on any atom is -0.478 e. The SMILES string of the molecule is CCC1Oc2ccc(C(=O)CCN)cc2N(C)C1=O. The number of carbonyl (C=O) groups excluding carboxylic acids is 2. The fourth-order valence-corrected chi connectivity index (χ4v) is 2.12. The van der Waals surface area contributed by atoms with Crippen LogP contribution in [0, 0.1) is 0 Å². The first-order valence-corrected chi connectivity index (χ1v) is 6.40. The van der Waals surface area contributed by atoms with Crippen molar-refractivity contribution in [2.24, 2.45) is 5.73 Å². The van der Waals surface area contributed by atoms with Gasteiger partial charge >= 0.3 is 0 Å². The lowest BCUT2D eigenvalue weighted by Gasteiger charge is -2.31. The average Bonchev–Trinajstić information content (AvgIpc) is 2.42. The lowest BCUT2D eigenvalue weighted by molar-refractivity contribution is -0.126. The molecule has 1 aliphatic rings. The van der Waals surface area contributed by atoms with Gasteiger partial charge in [-0.25, -0.2) is 0 Å². The number of nitrogens with two attached hydrogens (primary N) is 1. The molecular formula is C14H18N2O3. The van der Waals surface area contributed by atoms with Gasteiger partial charge in [0.1, 0.15) is 5.75 Å². The lowest BCUT2D eigenvalue weighted by Crippen LogP contribution is -2.43. The maximum Gasteiger partial charge on any atom is 0.267 e. The number of carbonyl (C=O) groups is 2. The molecule has 1 heterocycles. The number of amides is 1. The maximum atomic E-state index is 12.0. The van der Waals surface area contributed by atoms with Gasteiger partial charge in [0.25, 0.3) is 5.91 Å². The molecule has 19 heavy (non-hydrogen) atoms. The van der Waals surface area contributed by atoms with E-state index in [0.29, 0.717) is 36.4 Å². The fraction of sp³-hybridized carbons (Fsp3) is 0.429. The maximum absolute atomic E-state index is 12.0. The van der Waals surface area contributed by atoms with Crippen LogP contribution in [0.2, 0.25) is 0 Å². The van der Waals surface area contributed by atoms with Crippen LogP contribution in [0.5, 0.6) is 5.75 Å². The van der Waals surface area contributed by atoms with E-state index in [2.05, 4.69) is 0 Å². The first-order valence-electron chi connectivity index (χ1n) is 6.40. The summed E-state index contributed by atoms with van der Waals surface area (Å²) in [5.74, 6) is 0.528.